The molecule has 0 N–H and O–H groups in total. The lowest BCUT2D eigenvalue weighted by Crippen LogP contribution is -2.10. The molecule has 0 fully saturated rings. The summed E-state index contributed by atoms with van der Waals surface area (Å²) in [6.07, 6.45) is 1.13. The summed E-state index contributed by atoms with van der Waals surface area (Å²) in [6.45, 7) is 0.706. The van der Waals surface area contributed by atoms with E-state index in [1.165, 1.54) is 6.07 Å². The van der Waals surface area contributed by atoms with Crippen LogP contribution in [0.25, 0.3) is 0 Å². The summed E-state index contributed by atoms with van der Waals surface area (Å²) < 4.78 is 25.4. The first-order valence-electron chi connectivity index (χ1n) is 3.45. The Morgan fingerprint density at radius 3 is 2.57 bits per heavy atom. The van der Waals surface area contributed by atoms with Gasteiger partial charge in [-0.3, -0.25) is 9.78 Å². The number of hydrogen-bond donors (Lipinski definition) is 0. The van der Waals surface area contributed by atoms with Crippen LogP contribution in [0.15, 0.2) is 18.3 Å². The van der Waals surface area contributed by atoms with Crippen molar-refractivity contribution in [3.63, 3.8) is 0 Å². The van der Waals surface area contributed by atoms with Crippen LogP contribution in [0.1, 0.15) is 23.0 Å². The summed E-state index contributed by atoms with van der Waals surface area (Å²) in [5, 5.41) is -0.770. The molecule has 0 amide bonds. The molecule has 0 radical (unpaired) electrons. The standard InChI is InChI=1S/C8H6ClF2NO.ClH/c1-8(10,11)6-4-5(7(9)13)2-3-12-6;/h2-4H,1H3;1H. The van der Waals surface area contributed by atoms with Gasteiger partial charge in [0.1, 0.15) is 5.69 Å². The lowest BCUT2D eigenvalue weighted by molar-refractivity contribution is 0.0127. The average Bonchev–Trinajstić information content (AvgIpc) is 2.03. The minimum Gasteiger partial charge on any atom is -0.276 e. The number of halogens is 4. The first-order valence-corrected chi connectivity index (χ1v) is 3.83. The van der Waals surface area contributed by atoms with Crippen LogP contribution in [-0.2, 0) is 5.92 Å². The molecule has 0 aromatic carbocycles. The zero-order valence-electron chi connectivity index (χ0n) is 7.13. The lowest BCUT2D eigenvalue weighted by atomic mass is 10.2. The maximum absolute atomic E-state index is 12.7. The molecule has 1 aromatic rings. The molecule has 0 bridgehead atoms. The number of aromatic nitrogens is 1. The molecule has 0 saturated carbocycles. The van der Waals surface area contributed by atoms with Gasteiger partial charge in [0.2, 0.25) is 0 Å². The fraction of sp³-hybridized carbons (Fsp3) is 0.250. The number of nitrogens with zero attached hydrogens (tertiary/aromatic N) is 1. The fourth-order valence-corrected chi connectivity index (χ4v) is 0.910. The number of hydrogen-bond acceptors (Lipinski definition) is 2. The highest BCUT2D eigenvalue weighted by atomic mass is 35.5. The molecular weight excluding hydrogens is 235 g/mol. The Kier molecular flexibility index (Phi) is 4.42. The molecule has 1 rings (SSSR count). The highest BCUT2D eigenvalue weighted by Crippen LogP contribution is 2.25. The van der Waals surface area contributed by atoms with Crippen LogP contribution in [-0.4, -0.2) is 10.2 Å². The van der Waals surface area contributed by atoms with Crippen molar-refractivity contribution in [1.29, 1.82) is 0 Å². The molecule has 6 heteroatoms. The van der Waals surface area contributed by atoms with E-state index in [1.54, 1.807) is 0 Å². The summed E-state index contributed by atoms with van der Waals surface area (Å²) in [6, 6.07) is 2.26. The molecule has 0 unspecified atom stereocenters. The van der Waals surface area contributed by atoms with E-state index < -0.39 is 16.9 Å². The summed E-state index contributed by atoms with van der Waals surface area (Å²) in [7, 11) is 0. The van der Waals surface area contributed by atoms with E-state index in [-0.39, 0.29) is 18.0 Å². The number of carbonyl (C=O) groups is 1. The topological polar surface area (TPSA) is 30.0 Å². The zero-order chi connectivity index (χ0) is 10.1. The molecule has 14 heavy (non-hydrogen) atoms. The molecular formula is C8H7Cl2F2NO. The Labute approximate surface area is 90.7 Å². The number of pyridine rings is 1. The van der Waals surface area contributed by atoms with Crippen LogP contribution >= 0.6 is 24.0 Å². The first-order chi connectivity index (χ1) is 5.91. The minimum absolute atomic E-state index is 0. The predicted octanol–water partition coefficient (Wildman–Crippen LogP) is 2.99. The van der Waals surface area contributed by atoms with Crippen molar-refractivity contribution in [2.45, 2.75) is 12.8 Å². The third-order valence-corrected chi connectivity index (χ3v) is 1.65. The fourth-order valence-electron chi connectivity index (χ4n) is 0.793. The van der Waals surface area contributed by atoms with Crippen molar-refractivity contribution >= 4 is 29.3 Å². The quantitative estimate of drug-likeness (QED) is 0.746. The molecule has 0 saturated heterocycles. The van der Waals surface area contributed by atoms with Gasteiger partial charge in [-0.15, -0.1) is 12.4 Å². The van der Waals surface area contributed by atoms with Crippen molar-refractivity contribution in [2.75, 3.05) is 0 Å². The molecule has 0 atom stereocenters. The van der Waals surface area contributed by atoms with Gasteiger partial charge < -0.3 is 0 Å². The number of alkyl halides is 2. The van der Waals surface area contributed by atoms with E-state index >= 15 is 0 Å². The maximum atomic E-state index is 12.7. The van der Waals surface area contributed by atoms with E-state index in [0.29, 0.717) is 6.92 Å². The van der Waals surface area contributed by atoms with Crippen molar-refractivity contribution in [3.05, 3.63) is 29.6 Å². The summed E-state index contributed by atoms with van der Waals surface area (Å²) in [5.74, 6) is -3.05. The Bertz CT molecular complexity index is 338. The zero-order valence-corrected chi connectivity index (χ0v) is 8.70. The van der Waals surface area contributed by atoms with Gasteiger partial charge in [-0.25, -0.2) is 0 Å². The van der Waals surface area contributed by atoms with Crippen molar-refractivity contribution in [3.8, 4) is 0 Å². The van der Waals surface area contributed by atoms with Gasteiger partial charge in [-0.1, -0.05) is 0 Å². The minimum atomic E-state index is -3.05. The van der Waals surface area contributed by atoms with E-state index in [1.807, 2.05) is 0 Å². The molecule has 0 spiro atoms. The Morgan fingerprint density at radius 1 is 1.57 bits per heavy atom. The third-order valence-electron chi connectivity index (χ3n) is 1.44. The number of rotatable bonds is 2. The first kappa shape index (κ1) is 13.3. The van der Waals surface area contributed by atoms with Crippen LogP contribution in [0, 0.1) is 0 Å². The highest BCUT2D eigenvalue weighted by Gasteiger charge is 2.26. The number of carbonyl (C=O) groups excluding carboxylic acids is 1. The predicted molar refractivity (Wildman–Crippen MR) is 51.2 cm³/mol. The van der Waals surface area contributed by atoms with Crippen LogP contribution in [0.3, 0.4) is 0 Å². The van der Waals surface area contributed by atoms with Crippen molar-refractivity contribution in [2.24, 2.45) is 0 Å². The second-order valence-electron chi connectivity index (χ2n) is 2.59. The van der Waals surface area contributed by atoms with E-state index in [2.05, 4.69) is 4.98 Å². The van der Waals surface area contributed by atoms with Gasteiger partial charge in [-0.05, 0) is 23.7 Å². The lowest BCUT2D eigenvalue weighted by Gasteiger charge is -2.08. The Hall–Kier alpha value is -0.740. The van der Waals surface area contributed by atoms with Gasteiger partial charge in [0.05, 0.1) is 0 Å². The second kappa shape index (κ2) is 4.66. The molecule has 1 aromatic heterocycles. The van der Waals surface area contributed by atoms with Crippen LogP contribution < -0.4 is 0 Å². The second-order valence-corrected chi connectivity index (χ2v) is 2.94. The average molecular weight is 242 g/mol. The van der Waals surface area contributed by atoms with Crippen LogP contribution in [0.4, 0.5) is 8.78 Å². The third kappa shape index (κ3) is 3.20. The normalized spacial score (nSPS) is 10.6. The van der Waals surface area contributed by atoms with Gasteiger partial charge in [-0.2, -0.15) is 8.78 Å². The van der Waals surface area contributed by atoms with Gasteiger partial charge in [0, 0.05) is 18.7 Å². The molecule has 2 nitrogen and oxygen atoms in total. The molecule has 0 aliphatic carbocycles. The van der Waals surface area contributed by atoms with E-state index in [9.17, 15) is 13.6 Å². The molecule has 1 heterocycles. The Balaban J connectivity index is 0.00000169. The summed E-state index contributed by atoms with van der Waals surface area (Å²) in [5.41, 5.74) is -0.438. The molecule has 78 valence electrons. The summed E-state index contributed by atoms with van der Waals surface area (Å²) >= 11 is 5.11. The molecule has 0 aliphatic heterocycles. The molecule has 0 aliphatic rings. The summed E-state index contributed by atoms with van der Waals surface area (Å²) in [4.78, 5) is 14.0. The van der Waals surface area contributed by atoms with Crippen LogP contribution in [0.2, 0.25) is 0 Å². The largest absolute Gasteiger partial charge is 0.286 e. The van der Waals surface area contributed by atoms with Crippen molar-refractivity contribution in [1.82, 2.24) is 4.98 Å². The van der Waals surface area contributed by atoms with Gasteiger partial charge >= 0.3 is 0 Å². The van der Waals surface area contributed by atoms with E-state index in [4.69, 9.17) is 11.6 Å². The van der Waals surface area contributed by atoms with Crippen molar-refractivity contribution < 1.29 is 13.6 Å². The SMILES string of the molecule is CC(F)(F)c1cc(C(=O)Cl)ccn1.Cl. The van der Waals surface area contributed by atoms with Crippen LogP contribution in [0.5, 0.6) is 0 Å². The smallest absolute Gasteiger partial charge is 0.276 e. The Morgan fingerprint density at radius 2 is 2.14 bits per heavy atom. The van der Waals surface area contributed by atoms with Gasteiger partial charge in [0.25, 0.3) is 11.2 Å². The monoisotopic (exact) mass is 241 g/mol. The van der Waals surface area contributed by atoms with Gasteiger partial charge in [0.15, 0.2) is 0 Å². The van der Waals surface area contributed by atoms with E-state index in [0.717, 1.165) is 12.3 Å². The maximum Gasteiger partial charge on any atom is 0.286 e. The highest BCUT2D eigenvalue weighted by molar-refractivity contribution is 6.67.